The average molecular weight is 321 g/mol. The first kappa shape index (κ1) is 19.2. The average Bonchev–Trinajstić information content (AvgIpc) is 2.42. The number of ether oxygens (including phenoxy) is 1. The lowest BCUT2D eigenvalue weighted by atomic mass is 10.1. The zero-order valence-corrected chi connectivity index (χ0v) is 13.2. The summed E-state index contributed by atoms with van der Waals surface area (Å²) in [6.07, 6.45) is 1.24. The Morgan fingerprint density at radius 1 is 1.20 bits per heavy atom. The largest absolute Gasteiger partial charge is 0.383 e. The Morgan fingerprint density at radius 3 is 2.55 bits per heavy atom. The van der Waals surface area contributed by atoms with Crippen molar-refractivity contribution in [3.05, 3.63) is 34.9 Å². The van der Waals surface area contributed by atoms with Crippen LogP contribution < -0.4 is 10.6 Å². The number of nitrogens with one attached hydrogen (secondary N) is 2. The molecule has 1 aromatic rings. The number of rotatable bonds is 9. The van der Waals surface area contributed by atoms with Crippen LogP contribution in [0, 0.1) is 0 Å². The molecule has 0 aliphatic heterocycles. The monoisotopic (exact) mass is 320 g/mol. The molecule has 0 aliphatic rings. The van der Waals surface area contributed by atoms with Crippen LogP contribution in [0.2, 0.25) is 5.02 Å². The fraction of sp³-hybridized carbons (Fsp3) is 0.500. The highest BCUT2D eigenvalue weighted by Crippen LogP contribution is 2.10. The Morgan fingerprint density at radius 2 is 1.90 bits per heavy atom. The number of hydrogen-bond acceptors (Lipinski definition) is 3. The van der Waals surface area contributed by atoms with Crippen LogP contribution in [0.25, 0.3) is 0 Å². The van der Waals surface area contributed by atoms with Crippen molar-refractivity contribution in [2.75, 3.05) is 33.4 Å². The number of hydrogen-bond donors (Lipinski definition) is 2. The number of aryl methyl sites for hydroxylation is 1. The summed E-state index contributed by atoms with van der Waals surface area (Å²) in [4.78, 5) is 11.6. The van der Waals surface area contributed by atoms with E-state index in [-0.39, 0.29) is 18.3 Å². The Labute approximate surface area is 131 Å². The third kappa shape index (κ3) is 9.15. The van der Waals surface area contributed by atoms with Crippen LogP contribution >= 0.6 is 24.0 Å². The second kappa shape index (κ2) is 12.0. The van der Waals surface area contributed by atoms with E-state index in [1.807, 2.05) is 24.3 Å². The predicted molar refractivity (Wildman–Crippen MR) is 84.8 cm³/mol. The fourth-order valence-corrected chi connectivity index (χ4v) is 1.71. The van der Waals surface area contributed by atoms with Gasteiger partial charge >= 0.3 is 0 Å². The highest BCUT2D eigenvalue weighted by Gasteiger charge is 2.01. The second-order valence-electron chi connectivity index (χ2n) is 4.22. The minimum atomic E-state index is 0. The molecule has 6 heteroatoms. The Hall–Kier alpha value is -0.810. The first-order valence-electron chi connectivity index (χ1n) is 6.43. The molecule has 0 radical (unpaired) electrons. The molecule has 0 saturated heterocycles. The number of carbonyl (C=O) groups is 1. The minimum Gasteiger partial charge on any atom is -0.383 e. The lowest BCUT2D eigenvalue weighted by Crippen LogP contribution is -2.33. The first-order valence-corrected chi connectivity index (χ1v) is 6.81. The predicted octanol–water partition coefficient (Wildman–Crippen LogP) is 2.05. The topological polar surface area (TPSA) is 50.4 Å². The highest BCUT2D eigenvalue weighted by atomic mass is 35.5. The molecule has 0 bridgehead atoms. The molecular formula is C14H22Cl2N2O2. The summed E-state index contributed by atoms with van der Waals surface area (Å²) in [7, 11) is 1.67. The Balaban J connectivity index is 0.00000361. The third-order valence-corrected chi connectivity index (χ3v) is 2.91. The van der Waals surface area contributed by atoms with Gasteiger partial charge in [0.05, 0.1) is 6.61 Å². The minimum absolute atomic E-state index is 0. The van der Waals surface area contributed by atoms with Gasteiger partial charge in [-0.25, -0.2) is 0 Å². The smallest absolute Gasteiger partial charge is 0.220 e. The normalized spacial score (nSPS) is 9.90. The quantitative estimate of drug-likeness (QED) is 0.685. The van der Waals surface area contributed by atoms with E-state index in [0.717, 1.165) is 30.1 Å². The van der Waals surface area contributed by atoms with E-state index in [1.165, 1.54) is 0 Å². The van der Waals surface area contributed by atoms with Crippen LogP contribution in [0.3, 0.4) is 0 Å². The molecule has 2 N–H and O–H groups in total. The molecular weight excluding hydrogens is 299 g/mol. The van der Waals surface area contributed by atoms with Crippen molar-refractivity contribution in [3.8, 4) is 0 Å². The molecule has 0 fully saturated rings. The van der Waals surface area contributed by atoms with Gasteiger partial charge in [0, 0.05) is 38.2 Å². The van der Waals surface area contributed by atoms with Crippen LogP contribution in [0.1, 0.15) is 12.0 Å². The molecule has 114 valence electrons. The van der Waals surface area contributed by atoms with E-state index in [0.29, 0.717) is 19.6 Å². The highest BCUT2D eigenvalue weighted by molar-refractivity contribution is 6.30. The number of carbonyl (C=O) groups excluding carboxylic acids is 1. The maximum atomic E-state index is 11.6. The van der Waals surface area contributed by atoms with Gasteiger partial charge in [0.1, 0.15) is 0 Å². The summed E-state index contributed by atoms with van der Waals surface area (Å²) >= 11 is 5.80. The van der Waals surface area contributed by atoms with Crippen molar-refractivity contribution in [2.45, 2.75) is 12.8 Å². The van der Waals surface area contributed by atoms with Gasteiger partial charge in [0.2, 0.25) is 5.91 Å². The molecule has 1 aromatic carbocycles. The molecule has 0 saturated carbocycles. The molecule has 1 rings (SSSR count). The van der Waals surface area contributed by atoms with Gasteiger partial charge in [-0.15, -0.1) is 12.4 Å². The summed E-state index contributed by atoms with van der Waals surface area (Å²) in [5.74, 6) is 0.0727. The van der Waals surface area contributed by atoms with Crippen molar-refractivity contribution in [1.29, 1.82) is 0 Å². The molecule has 4 nitrogen and oxygen atoms in total. The summed E-state index contributed by atoms with van der Waals surface area (Å²) < 4.78 is 4.91. The zero-order valence-electron chi connectivity index (χ0n) is 11.7. The van der Waals surface area contributed by atoms with E-state index >= 15 is 0 Å². The number of methoxy groups -OCH3 is 1. The molecule has 0 atom stereocenters. The molecule has 0 heterocycles. The Kier molecular flexibility index (Phi) is 11.5. The van der Waals surface area contributed by atoms with Gasteiger partial charge in [0.15, 0.2) is 0 Å². The number of amides is 1. The van der Waals surface area contributed by atoms with Gasteiger partial charge < -0.3 is 15.4 Å². The van der Waals surface area contributed by atoms with Gasteiger partial charge in [0.25, 0.3) is 0 Å². The van der Waals surface area contributed by atoms with E-state index in [9.17, 15) is 4.79 Å². The molecule has 0 aromatic heterocycles. The van der Waals surface area contributed by atoms with Crippen molar-refractivity contribution in [1.82, 2.24) is 10.6 Å². The van der Waals surface area contributed by atoms with Crippen LogP contribution in [-0.4, -0.2) is 39.3 Å². The summed E-state index contributed by atoms with van der Waals surface area (Å²) in [6.45, 7) is 2.89. The number of benzene rings is 1. The summed E-state index contributed by atoms with van der Waals surface area (Å²) in [5, 5.41) is 6.76. The number of halogens is 2. The van der Waals surface area contributed by atoms with Gasteiger partial charge in [-0.3, -0.25) is 4.79 Å². The van der Waals surface area contributed by atoms with Gasteiger partial charge in [-0.2, -0.15) is 0 Å². The third-order valence-electron chi connectivity index (χ3n) is 2.66. The van der Waals surface area contributed by atoms with Gasteiger partial charge in [-0.1, -0.05) is 23.7 Å². The molecule has 0 unspecified atom stereocenters. The lowest BCUT2D eigenvalue weighted by molar-refractivity contribution is -0.121. The standard InChI is InChI=1S/C14H21ClN2O2.ClH/c1-19-11-10-16-8-9-17-14(18)7-4-12-2-5-13(15)6-3-12;/h2-3,5-6,16H,4,7-11H2,1H3,(H,17,18);1H. The van der Waals surface area contributed by atoms with Crippen molar-refractivity contribution in [3.63, 3.8) is 0 Å². The molecule has 0 spiro atoms. The van der Waals surface area contributed by atoms with Crippen molar-refractivity contribution < 1.29 is 9.53 Å². The second-order valence-corrected chi connectivity index (χ2v) is 4.66. The Bertz CT molecular complexity index is 372. The van der Waals surface area contributed by atoms with E-state index in [4.69, 9.17) is 16.3 Å². The molecule has 20 heavy (non-hydrogen) atoms. The molecule has 0 aliphatic carbocycles. The van der Waals surface area contributed by atoms with E-state index in [1.54, 1.807) is 7.11 Å². The zero-order chi connectivity index (χ0) is 13.9. The van der Waals surface area contributed by atoms with Crippen LogP contribution in [0.15, 0.2) is 24.3 Å². The van der Waals surface area contributed by atoms with Gasteiger partial charge in [-0.05, 0) is 24.1 Å². The van der Waals surface area contributed by atoms with Crippen LogP contribution in [0.5, 0.6) is 0 Å². The SMILES string of the molecule is COCCNCCNC(=O)CCc1ccc(Cl)cc1.Cl. The first-order chi connectivity index (χ1) is 9.22. The van der Waals surface area contributed by atoms with Crippen LogP contribution in [0.4, 0.5) is 0 Å². The summed E-state index contributed by atoms with van der Waals surface area (Å²) in [5.41, 5.74) is 1.12. The van der Waals surface area contributed by atoms with E-state index in [2.05, 4.69) is 10.6 Å². The molecule has 1 amide bonds. The van der Waals surface area contributed by atoms with Crippen molar-refractivity contribution in [2.24, 2.45) is 0 Å². The fourth-order valence-electron chi connectivity index (χ4n) is 1.59. The lowest BCUT2D eigenvalue weighted by Gasteiger charge is -2.06. The maximum Gasteiger partial charge on any atom is 0.220 e. The maximum absolute atomic E-state index is 11.6. The van der Waals surface area contributed by atoms with E-state index < -0.39 is 0 Å². The van der Waals surface area contributed by atoms with Crippen LogP contribution in [-0.2, 0) is 16.0 Å². The van der Waals surface area contributed by atoms with Crippen molar-refractivity contribution >= 4 is 29.9 Å². The summed E-state index contributed by atoms with van der Waals surface area (Å²) in [6, 6.07) is 7.58.